The number of halogens is 1. The zero-order valence-electron chi connectivity index (χ0n) is 16.4. The number of hydrogen-bond donors (Lipinski definition) is 0. The number of nitrogens with zero attached hydrogens (tertiary/aromatic N) is 6. The van der Waals surface area contributed by atoms with E-state index in [1.807, 2.05) is 11.6 Å². The molecule has 0 aliphatic heterocycles. The molecule has 0 saturated carbocycles. The Morgan fingerprint density at radius 2 is 2.17 bits per heavy atom. The van der Waals surface area contributed by atoms with Crippen LogP contribution in [0.1, 0.15) is 37.0 Å². The van der Waals surface area contributed by atoms with Crippen molar-refractivity contribution in [1.29, 1.82) is 5.26 Å². The first-order valence-corrected chi connectivity index (χ1v) is 10.8. The van der Waals surface area contributed by atoms with Crippen molar-refractivity contribution in [2.45, 2.75) is 32.7 Å². The summed E-state index contributed by atoms with van der Waals surface area (Å²) in [6.45, 7) is 6.74. The van der Waals surface area contributed by atoms with Crippen molar-refractivity contribution < 1.29 is 4.74 Å². The minimum absolute atomic E-state index is 0.150. The van der Waals surface area contributed by atoms with Gasteiger partial charge in [0.1, 0.15) is 10.8 Å². The molecule has 2 heterocycles. The van der Waals surface area contributed by atoms with Crippen LogP contribution in [0.3, 0.4) is 0 Å². The van der Waals surface area contributed by atoms with Crippen LogP contribution in [0.4, 0.5) is 0 Å². The Hall–Kier alpha value is -2.54. The van der Waals surface area contributed by atoms with Crippen LogP contribution in [-0.4, -0.2) is 27.7 Å². The van der Waals surface area contributed by atoms with Gasteiger partial charge in [0.25, 0.3) is 0 Å². The van der Waals surface area contributed by atoms with Gasteiger partial charge < -0.3 is 4.74 Å². The van der Waals surface area contributed by atoms with E-state index in [0.29, 0.717) is 27.7 Å². The molecule has 0 amide bonds. The van der Waals surface area contributed by atoms with Gasteiger partial charge in [-0.25, -0.2) is 9.67 Å². The average Bonchev–Trinajstić information content (AvgIpc) is 3.32. The molecular weight excluding hydrogens is 428 g/mol. The van der Waals surface area contributed by atoms with E-state index in [4.69, 9.17) is 21.4 Å². The van der Waals surface area contributed by atoms with Gasteiger partial charge in [-0.05, 0) is 18.2 Å². The average molecular weight is 447 g/mol. The van der Waals surface area contributed by atoms with Crippen LogP contribution in [-0.2, 0) is 12.0 Å². The van der Waals surface area contributed by atoms with E-state index in [9.17, 15) is 5.26 Å². The fraction of sp³-hybridized carbons (Fsp3) is 0.316. The number of thiazole rings is 1. The maximum absolute atomic E-state index is 9.22. The van der Waals surface area contributed by atoms with Gasteiger partial charge in [0.15, 0.2) is 5.84 Å². The Bertz CT molecular complexity index is 1130. The minimum atomic E-state index is -0.150. The van der Waals surface area contributed by atoms with E-state index in [1.54, 1.807) is 35.5 Å². The second-order valence-corrected chi connectivity index (χ2v) is 9.18. The number of aromatic nitrogens is 3. The Morgan fingerprint density at radius 1 is 1.38 bits per heavy atom. The lowest BCUT2D eigenvalue weighted by molar-refractivity contribution is 0.414. The molecule has 0 bridgehead atoms. The number of aliphatic imine (C=N–C) groups is 1. The number of nitriles is 1. The van der Waals surface area contributed by atoms with Gasteiger partial charge in [-0.15, -0.1) is 11.3 Å². The monoisotopic (exact) mass is 446 g/mol. The number of hydrogen-bond acceptors (Lipinski definition) is 7. The summed E-state index contributed by atoms with van der Waals surface area (Å²) in [5.41, 5.74) is 3.06. The summed E-state index contributed by atoms with van der Waals surface area (Å²) >= 11 is 9.13. The molecule has 0 aliphatic rings. The van der Waals surface area contributed by atoms with E-state index in [2.05, 4.69) is 35.7 Å². The van der Waals surface area contributed by atoms with Crippen LogP contribution in [0.25, 0.3) is 0 Å². The summed E-state index contributed by atoms with van der Waals surface area (Å²) in [4.78, 5) is 13.5. The SMILES string of the molecule is COc1ccc(Cl)cc1C(/N=c1\sc(C(C)(C)C)nn1Cc1cscn1)=N\C#N. The van der Waals surface area contributed by atoms with Crippen LogP contribution in [0.15, 0.2) is 39.1 Å². The van der Waals surface area contributed by atoms with Crippen LogP contribution >= 0.6 is 34.3 Å². The van der Waals surface area contributed by atoms with Crippen molar-refractivity contribution in [3.05, 3.63) is 55.2 Å². The molecule has 3 aromatic rings. The number of amidine groups is 1. The van der Waals surface area contributed by atoms with Crippen molar-refractivity contribution in [1.82, 2.24) is 14.8 Å². The molecule has 0 unspecified atom stereocenters. The maximum Gasteiger partial charge on any atom is 0.210 e. The van der Waals surface area contributed by atoms with Crippen LogP contribution in [0.2, 0.25) is 5.02 Å². The molecule has 150 valence electrons. The van der Waals surface area contributed by atoms with E-state index >= 15 is 0 Å². The zero-order chi connectivity index (χ0) is 21.0. The first kappa shape index (κ1) is 21.2. The lowest BCUT2D eigenvalue weighted by Crippen LogP contribution is -2.20. The lowest BCUT2D eigenvalue weighted by atomic mass is 9.98. The van der Waals surface area contributed by atoms with Crippen molar-refractivity contribution in [2.75, 3.05) is 7.11 Å². The number of rotatable bonds is 4. The molecule has 0 aliphatic carbocycles. The highest BCUT2D eigenvalue weighted by Gasteiger charge is 2.21. The molecule has 0 radical (unpaired) electrons. The summed E-state index contributed by atoms with van der Waals surface area (Å²) in [5.74, 6) is 0.738. The molecule has 0 N–H and O–H groups in total. The van der Waals surface area contributed by atoms with Gasteiger partial charge in [-0.2, -0.15) is 20.3 Å². The number of methoxy groups -OCH3 is 1. The third kappa shape index (κ3) is 5.09. The first-order valence-electron chi connectivity index (χ1n) is 8.62. The third-order valence-electron chi connectivity index (χ3n) is 3.82. The molecule has 0 spiro atoms. The molecule has 3 rings (SSSR count). The number of ether oxygens (including phenoxy) is 1. The van der Waals surface area contributed by atoms with Gasteiger partial charge in [0.05, 0.1) is 30.4 Å². The largest absolute Gasteiger partial charge is 0.496 e. The molecular formula is C19H19ClN6OS2. The highest BCUT2D eigenvalue weighted by atomic mass is 35.5. The van der Waals surface area contributed by atoms with E-state index in [1.165, 1.54) is 22.7 Å². The van der Waals surface area contributed by atoms with E-state index < -0.39 is 0 Å². The lowest BCUT2D eigenvalue weighted by Gasteiger charge is -2.12. The molecule has 0 fully saturated rings. The normalized spacial score (nSPS) is 12.8. The summed E-state index contributed by atoms with van der Waals surface area (Å²) in [6, 6.07) is 5.11. The van der Waals surface area contributed by atoms with Gasteiger partial charge in [-0.3, -0.25) is 0 Å². The fourth-order valence-electron chi connectivity index (χ4n) is 2.41. The maximum atomic E-state index is 9.22. The summed E-state index contributed by atoms with van der Waals surface area (Å²) in [5, 5.41) is 17.3. The molecule has 10 heteroatoms. The predicted octanol–water partition coefficient (Wildman–Crippen LogP) is 4.24. The topological polar surface area (TPSA) is 88.4 Å². The zero-order valence-corrected chi connectivity index (χ0v) is 18.8. The molecule has 1 aromatic carbocycles. The summed E-state index contributed by atoms with van der Waals surface area (Å²) < 4.78 is 7.19. The molecule has 7 nitrogen and oxygen atoms in total. The van der Waals surface area contributed by atoms with Crippen molar-refractivity contribution in [3.63, 3.8) is 0 Å². The van der Waals surface area contributed by atoms with E-state index in [-0.39, 0.29) is 11.3 Å². The van der Waals surface area contributed by atoms with Crippen LogP contribution in [0.5, 0.6) is 5.75 Å². The van der Waals surface area contributed by atoms with Crippen molar-refractivity contribution in [3.8, 4) is 11.9 Å². The Morgan fingerprint density at radius 3 is 2.79 bits per heavy atom. The highest BCUT2D eigenvalue weighted by Crippen LogP contribution is 2.25. The third-order valence-corrected chi connectivity index (χ3v) is 6.06. The van der Waals surface area contributed by atoms with Gasteiger partial charge >= 0.3 is 0 Å². The molecule has 0 saturated heterocycles. The van der Waals surface area contributed by atoms with Gasteiger partial charge in [0.2, 0.25) is 11.0 Å². The molecule has 2 aromatic heterocycles. The fourth-order valence-corrected chi connectivity index (χ4v) is 4.09. The van der Waals surface area contributed by atoms with Crippen molar-refractivity contribution >= 4 is 40.1 Å². The standard InChI is InChI=1S/C19H19ClN6OS2/c1-19(2,3)17-25-26(8-13-9-28-11-23-13)18(29-17)24-16(22-10-21)14-7-12(20)5-6-15(14)27-4/h5-7,9,11H,8H2,1-4H3/b22-16+,24-18-. The number of benzene rings is 1. The minimum Gasteiger partial charge on any atom is -0.496 e. The predicted molar refractivity (Wildman–Crippen MR) is 116 cm³/mol. The second-order valence-electron chi connectivity index (χ2n) is 7.07. The summed E-state index contributed by atoms with van der Waals surface area (Å²) in [7, 11) is 1.55. The Labute approximate surface area is 181 Å². The second kappa shape index (κ2) is 8.86. The first-order chi connectivity index (χ1) is 13.8. The van der Waals surface area contributed by atoms with E-state index in [0.717, 1.165) is 10.7 Å². The summed E-state index contributed by atoms with van der Waals surface area (Å²) in [6.07, 6.45) is 1.82. The van der Waals surface area contributed by atoms with Gasteiger partial charge in [-0.1, -0.05) is 43.7 Å². The van der Waals surface area contributed by atoms with Crippen LogP contribution in [0, 0.1) is 11.5 Å². The Kier molecular flexibility index (Phi) is 6.47. The smallest absolute Gasteiger partial charge is 0.210 e. The quantitative estimate of drug-likeness (QED) is 0.340. The van der Waals surface area contributed by atoms with Crippen LogP contribution < -0.4 is 9.54 Å². The molecule has 0 atom stereocenters. The van der Waals surface area contributed by atoms with Gasteiger partial charge in [0, 0.05) is 15.8 Å². The van der Waals surface area contributed by atoms with Crippen molar-refractivity contribution in [2.24, 2.45) is 9.98 Å². The molecule has 29 heavy (non-hydrogen) atoms. The Balaban J connectivity index is 2.18. The highest BCUT2D eigenvalue weighted by molar-refractivity contribution is 7.09.